The van der Waals surface area contributed by atoms with Crippen molar-refractivity contribution < 1.29 is 41.0 Å². The van der Waals surface area contributed by atoms with Crippen LogP contribution in [0.1, 0.15) is 63.9 Å². The van der Waals surface area contributed by atoms with Crippen molar-refractivity contribution in [3.63, 3.8) is 0 Å². The first kappa shape index (κ1) is 35.6. The number of nitrogen functional groups attached to an aromatic ring is 1. The lowest BCUT2D eigenvalue weighted by molar-refractivity contribution is -0.140. The summed E-state index contributed by atoms with van der Waals surface area (Å²) in [6.45, 7) is 3.59. The monoisotopic (exact) mass is 740 g/mol. The van der Waals surface area contributed by atoms with Gasteiger partial charge < -0.3 is 30.2 Å². The highest BCUT2D eigenvalue weighted by atomic mass is 35.5. The molecule has 1 amide bonds. The van der Waals surface area contributed by atoms with Crippen LogP contribution >= 0.6 is 11.6 Å². The van der Waals surface area contributed by atoms with Crippen LogP contribution in [0.5, 0.6) is 6.01 Å². The predicted octanol–water partition coefficient (Wildman–Crippen LogP) is 4.48. The maximum absolute atomic E-state index is 15.1. The largest absolute Gasteiger partial charge is 0.467 e. The Labute approximate surface area is 295 Å². The Bertz CT molecular complexity index is 1810. The van der Waals surface area contributed by atoms with Crippen LogP contribution in [0.15, 0.2) is 12.1 Å². The number of fused-ring (bicyclic) bond motifs is 3. The smallest absolute Gasteiger partial charge is 0.416 e. The Morgan fingerprint density at radius 1 is 1.22 bits per heavy atom. The van der Waals surface area contributed by atoms with Crippen molar-refractivity contribution in [2.45, 2.75) is 69.9 Å². The van der Waals surface area contributed by atoms with Gasteiger partial charge in [-0.25, -0.2) is 8.78 Å². The first-order valence-corrected chi connectivity index (χ1v) is 17.1. The number of methoxy groups -OCH3 is 1. The lowest BCUT2D eigenvalue weighted by atomic mass is 9.85. The molecule has 8 rings (SSSR count). The Morgan fingerprint density at radius 3 is 2.67 bits per heavy atom. The third-order valence-electron chi connectivity index (χ3n) is 10.2. The van der Waals surface area contributed by atoms with Crippen LogP contribution in [-0.4, -0.2) is 89.8 Å². The summed E-state index contributed by atoms with van der Waals surface area (Å²) >= 11 is 6.64. The molecule has 3 N–H and O–H groups in total. The van der Waals surface area contributed by atoms with Crippen LogP contribution in [0.2, 0.25) is 5.02 Å². The van der Waals surface area contributed by atoms with Crippen LogP contribution in [0.25, 0.3) is 0 Å². The van der Waals surface area contributed by atoms with E-state index in [4.69, 9.17) is 31.5 Å². The molecule has 12 nitrogen and oxygen atoms in total. The van der Waals surface area contributed by atoms with E-state index < -0.39 is 47.0 Å². The number of aromatic nitrogens is 4. The highest BCUT2D eigenvalue weighted by Gasteiger charge is 2.46. The normalized spacial score (nSPS) is 23.8. The first-order chi connectivity index (χ1) is 24.3. The van der Waals surface area contributed by atoms with Crippen molar-refractivity contribution in [1.29, 1.82) is 0 Å². The van der Waals surface area contributed by atoms with Crippen LogP contribution in [0, 0.1) is 11.2 Å². The fourth-order valence-electron chi connectivity index (χ4n) is 7.72. The topological polar surface area (TPSA) is 133 Å². The van der Waals surface area contributed by atoms with E-state index in [-0.39, 0.29) is 41.7 Å². The van der Waals surface area contributed by atoms with Gasteiger partial charge in [-0.1, -0.05) is 11.6 Å². The number of benzene rings is 1. The van der Waals surface area contributed by atoms with Gasteiger partial charge in [-0.2, -0.15) is 28.2 Å². The molecule has 0 bridgehead atoms. The zero-order valence-electron chi connectivity index (χ0n) is 28.0. The molecule has 2 aromatic heterocycles. The molecule has 3 atom stereocenters. The summed E-state index contributed by atoms with van der Waals surface area (Å²) in [5.41, 5.74) is 4.52. The van der Waals surface area contributed by atoms with Gasteiger partial charge in [-0.15, -0.1) is 0 Å². The second kappa shape index (κ2) is 13.6. The summed E-state index contributed by atoms with van der Waals surface area (Å²) in [5.74, 6) is -1.20. The van der Waals surface area contributed by atoms with E-state index in [0.29, 0.717) is 61.7 Å². The number of amides is 1. The number of halogens is 6. The number of alkyl halides is 4. The Hall–Kier alpha value is -3.80. The fraction of sp³-hybridized carbons (Fsp3) is 0.576. The third kappa shape index (κ3) is 6.68. The number of hydrogen-bond donors (Lipinski definition) is 2. The highest BCUT2D eigenvalue weighted by Crippen LogP contribution is 2.44. The van der Waals surface area contributed by atoms with E-state index in [1.807, 2.05) is 4.90 Å². The Kier molecular flexibility index (Phi) is 9.52. The number of carbonyl (C=O) groups excluding carboxylic acids is 1. The van der Waals surface area contributed by atoms with Gasteiger partial charge in [0, 0.05) is 43.7 Å². The van der Waals surface area contributed by atoms with Crippen molar-refractivity contribution in [2.75, 3.05) is 57.6 Å². The summed E-state index contributed by atoms with van der Waals surface area (Å²) in [5, 5.41) is 7.20. The molecule has 0 saturated carbocycles. The summed E-state index contributed by atoms with van der Waals surface area (Å²) in [4.78, 5) is 25.6. The van der Waals surface area contributed by atoms with Gasteiger partial charge in [-0.3, -0.25) is 14.4 Å². The number of anilines is 2. The number of ether oxygens (including phenoxy) is 3. The molecule has 51 heavy (non-hydrogen) atoms. The van der Waals surface area contributed by atoms with E-state index in [1.165, 1.54) is 27.0 Å². The molecule has 5 aliphatic heterocycles. The molecule has 3 saturated heterocycles. The van der Waals surface area contributed by atoms with Gasteiger partial charge in [0.15, 0.2) is 11.5 Å². The molecular formula is C33H38ClF5N8O4. The van der Waals surface area contributed by atoms with Crippen LogP contribution in [-0.2, 0) is 41.8 Å². The van der Waals surface area contributed by atoms with Crippen LogP contribution in [0.4, 0.5) is 33.5 Å². The molecule has 276 valence electrons. The van der Waals surface area contributed by atoms with Gasteiger partial charge in [0.1, 0.15) is 12.0 Å². The molecule has 3 unspecified atom stereocenters. The number of nitrogens with two attached hydrogens (primary N) is 1. The number of hydrogen-bond acceptors (Lipinski definition) is 10. The molecule has 3 fully saturated rings. The van der Waals surface area contributed by atoms with E-state index in [9.17, 15) is 22.4 Å². The van der Waals surface area contributed by atoms with Gasteiger partial charge in [0.05, 0.1) is 79.2 Å². The maximum atomic E-state index is 15.1. The summed E-state index contributed by atoms with van der Waals surface area (Å²) in [6.07, 6.45) is -3.52. The zero-order valence-corrected chi connectivity index (χ0v) is 28.8. The number of nitrogens with one attached hydrogen (secondary N) is 1. The second-order valence-electron chi connectivity index (χ2n) is 13.7. The van der Waals surface area contributed by atoms with Crippen molar-refractivity contribution >= 4 is 29.0 Å². The van der Waals surface area contributed by atoms with Crippen LogP contribution in [0.3, 0.4) is 0 Å². The molecule has 0 radical (unpaired) electrons. The lowest BCUT2D eigenvalue weighted by Gasteiger charge is -2.43. The van der Waals surface area contributed by atoms with Crippen molar-refractivity contribution in [1.82, 2.24) is 30.0 Å². The fourth-order valence-corrected chi connectivity index (χ4v) is 8.00. The average Bonchev–Trinajstić information content (AvgIpc) is 3.72. The lowest BCUT2D eigenvalue weighted by Crippen LogP contribution is -2.52. The van der Waals surface area contributed by atoms with E-state index in [0.717, 1.165) is 25.1 Å². The number of rotatable bonds is 4. The quantitative estimate of drug-likeness (QED) is 0.292. The van der Waals surface area contributed by atoms with Crippen LogP contribution < -0.4 is 20.7 Å². The average molecular weight is 741 g/mol. The molecule has 0 aliphatic carbocycles. The van der Waals surface area contributed by atoms with Gasteiger partial charge >= 0.3 is 12.2 Å². The van der Waals surface area contributed by atoms with Crippen molar-refractivity contribution in [2.24, 2.45) is 5.41 Å². The molecule has 7 heterocycles. The molecular weight excluding hydrogens is 703 g/mol. The SMILES string of the molecule is CNC(=O)c1nn2c(c1Cl)CN(c1nc(OC)nc3c1COC(c1c(C(F)(F)F)ccc(N)c1F)C3)CC1(COC1)C2.FC1CC2CCCN2C1. The summed E-state index contributed by atoms with van der Waals surface area (Å²) in [7, 11) is 2.85. The highest BCUT2D eigenvalue weighted by molar-refractivity contribution is 6.34. The molecule has 3 aromatic rings. The Balaban J connectivity index is 0.000000389. The molecule has 18 heteroatoms. The van der Waals surface area contributed by atoms with E-state index in [2.05, 4.69) is 25.3 Å². The zero-order chi connectivity index (χ0) is 36.2. The number of carbonyl (C=O) groups is 1. The van der Waals surface area contributed by atoms with Gasteiger partial charge in [-0.05, 0) is 37.9 Å². The van der Waals surface area contributed by atoms with Gasteiger partial charge in [0.2, 0.25) is 0 Å². The minimum atomic E-state index is -4.83. The maximum Gasteiger partial charge on any atom is 0.416 e. The van der Waals surface area contributed by atoms with Crippen molar-refractivity contribution in [3.8, 4) is 6.01 Å². The van der Waals surface area contributed by atoms with Crippen molar-refractivity contribution in [3.05, 3.63) is 56.7 Å². The predicted molar refractivity (Wildman–Crippen MR) is 175 cm³/mol. The minimum Gasteiger partial charge on any atom is -0.467 e. The second-order valence-corrected chi connectivity index (χ2v) is 14.1. The third-order valence-corrected chi connectivity index (χ3v) is 10.6. The summed E-state index contributed by atoms with van der Waals surface area (Å²) < 4.78 is 87.7. The Morgan fingerprint density at radius 2 is 2.00 bits per heavy atom. The summed E-state index contributed by atoms with van der Waals surface area (Å²) in [6, 6.07) is 2.21. The molecule has 1 aromatic carbocycles. The van der Waals surface area contributed by atoms with E-state index in [1.54, 1.807) is 4.68 Å². The minimum absolute atomic E-state index is 0.0256. The molecule has 1 spiro atoms. The number of nitrogens with zero attached hydrogens (tertiary/aromatic N) is 6. The standard InChI is InChI=1S/C26H26ClF4N7O4.C7H12FN/c1-33-23(39)21-19(27)16-6-37(8-25(10-41-11-25)9-38(16)36-21)22-12-7-42-17(5-15(12)34-24(35-22)40-2)18-13(26(29,30)31)3-4-14(32)20(18)28;8-6-4-7-2-1-3-9(7)5-6/h3-4,17H,5-11,32H2,1-2H3,(H,33,39);6-7H,1-5H2. The molecule has 5 aliphatic rings. The first-order valence-electron chi connectivity index (χ1n) is 16.7. The van der Waals surface area contributed by atoms with E-state index >= 15 is 4.39 Å². The van der Waals surface area contributed by atoms with Gasteiger partial charge in [0.25, 0.3) is 5.91 Å².